The molecule has 0 spiro atoms. The van der Waals surface area contributed by atoms with Crippen molar-refractivity contribution in [1.29, 1.82) is 0 Å². The SMILES string of the molecule is C=CCO[C@@H]1[C@H](O)[C@@H](OC)O[C@H](CO)[C@H]1O. The van der Waals surface area contributed by atoms with Gasteiger partial charge in [-0.1, -0.05) is 6.08 Å². The summed E-state index contributed by atoms with van der Waals surface area (Å²) in [5.41, 5.74) is 0. The zero-order valence-electron chi connectivity index (χ0n) is 9.15. The van der Waals surface area contributed by atoms with Gasteiger partial charge in [0.05, 0.1) is 13.2 Å². The van der Waals surface area contributed by atoms with E-state index in [1.54, 1.807) is 0 Å². The summed E-state index contributed by atoms with van der Waals surface area (Å²) in [6.45, 7) is 3.29. The standard InChI is InChI=1S/C10H18O6/c1-3-4-15-9-7(12)6(5-11)16-10(14-2)8(9)13/h3,6-13H,1,4-5H2,2H3/t6-,7-,8+,9+,10+/m1/s1. The fourth-order valence-corrected chi connectivity index (χ4v) is 1.62. The van der Waals surface area contributed by atoms with Crippen molar-refractivity contribution in [2.45, 2.75) is 30.7 Å². The topological polar surface area (TPSA) is 88.4 Å². The van der Waals surface area contributed by atoms with E-state index >= 15 is 0 Å². The first-order chi connectivity index (χ1) is 7.65. The number of hydrogen-bond acceptors (Lipinski definition) is 6. The monoisotopic (exact) mass is 234 g/mol. The van der Waals surface area contributed by atoms with Crippen molar-refractivity contribution >= 4 is 0 Å². The normalized spacial score (nSPS) is 39.6. The van der Waals surface area contributed by atoms with Crippen LogP contribution < -0.4 is 0 Å². The van der Waals surface area contributed by atoms with Crippen LogP contribution in [-0.2, 0) is 14.2 Å². The van der Waals surface area contributed by atoms with Crippen molar-refractivity contribution in [3.8, 4) is 0 Å². The molecule has 6 nitrogen and oxygen atoms in total. The molecule has 0 aromatic heterocycles. The van der Waals surface area contributed by atoms with Crippen LogP contribution in [0, 0.1) is 0 Å². The zero-order valence-corrected chi connectivity index (χ0v) is 9.15. The van der Waals surface area contributed by atoms with Gasteiger partial charge in [0.1, 0.15) is 24.4 Å². The van der Waals surface area contributed by atoms with Crippen molar-refractivity contribution < 1.29 is 29.5 Å². The summed E-state index contributed by atoms with van der Waals surface area (Å²) in [5, 5.41) is 28.6. The molecular formula is C10H18O6. The minimum atomic E-state index is -1.11. The highest BCUT2D eigenvalue weighted by atomic mass is 16.7. The van der Waals surface area contributed by atoms with Crippen LogP contribution >= 0.6 is 0 Å². The lowest BCUT2D eigenvalue weighted by Crippen LogP contribution is -2.59. The summed E-state index contributed by atoms with van der Waals surface area (Å²) >= 11 is 0. The van der Waals surface area contributed by atoms with Crippen LogP contribution in [0.15, 0.2) is 12.7 Å². The second-order valence-corrected chi connectivity index (χ2v) is 3.53. The summed E-state index contributed by atoms with van der Waals surface area (Å²) in [6.07, 6.45) is -3.33. The van der Waals surface area contributed by atoms with Gasteiger partial charge >= 0.3 is 0 Å². The van der Waals surface area contributed by atoms with E-state index in [0.717, 1.165) is 0 Å². The van der Waals surface area contributed by atoms with Crippen LogP contribution in [0.3, 0.4) is 0 Å². The Kier molecular flexibility index (Phi) is 5.33. The molecule has 0 saturated carbocycles. The third-order valence-corrected chi connectivity index (χ3v) is 2.46. The van der Waals surface area contributed by atoms with Gasteiger partial charge < -0.3 is 29.5 Å². The molecule has 1 aliphatic heterocycles. The third-order valence-electron chi connectivity index (χ3n) is 2.46. The fourth-order valence-electron chi connectivity index (χ4n) is 1.62. The first kappa shape index (κ1) is 13.6. The molecule has 3 N–H and O–H groups in total. The maximum Gasteiger partial charge on any atom is 0.186 e. The van der Waals surface area contributed by atoms with E-state index in [9.17, 15) is 10.2 Å². The molecule has 5 atom stereocenters. The quantitative estimate of drug-likeness (QED) is 0.509. The molecule has 1 rings (SSSR count). The van der Waals surface area contributed by atoms with Gasteiger partial charge in [-0.05, 0) is 0 Å². The van der Waals surface area contributed by atoms with Crippen LogP contribution in [0.2, 0.25) is 0 Å². The predicted octanol–water partition coefficient (Wildman–Crippen LogP) is -1.36. The van der Waals surface area contributed by atoms with Crippen molar-refractivity contribution in [3.63, 3.8) is 0 Å². The second-order valence-electron chi connectivity index (χ2n) is 3.53. The Morgan fingerprint density at radius 3 is 2.56 bits per heavy atom. The highest BCUT2D eigenvalue weighted by Crippen LogP contribution is 2.23. The van der Waals surface area contributed by atoms with Crippen LogP contribution in [0.25, 0.3) is 0 Å². The molecule has 1 saturated heterocycles. The first-order valence-electron chi connectivity index (χ1n) is 5.03. The van der Waals surface area contributed by atoms with Gasteiger partial charge in [0.2, 0.25) is 0 Å². The Morgan fingerprint density at radius 1 is 1.38 bits per heavy atom. The molecule has 1 heterocycles. The molecule has 94 valence electrons. The van der Waals surface area contributed by atoms with Crippen LogP contribution in [0.4, 0.5) is 0 Å². The number of ether oxygens (including phenoxy) is 3. The Morgan fingerprint density at radius 2 is 2.06 bits per heavy atom. The number of aliphatic hydroxyl groups excluding tert-OH is 3. The second kappa shape index (κ2) is 6.29. The van der Waals surface area contributed by atoms with Gasteiger partial charge in [-0.25, -0.2) is 0 Å². The highest BCUT2D eigenvalue weighted by molar-refractivity contribution is 4.90. The molecule has 0 amide bonds. The van der Waals surface area contributed by atoms with Crippen molar-refractivity contribution in [1.82, 2.24) is 0 Å². The van der Waals surface area contributed by atoms with Gasteiger partial charge in [0, 0.05) is 7.11 Å². The average molecular weight is 234 g/mol. The summed E-state index contributed by atoms with van der Waals surface area (Å²) in [7, 11) is 1.37. The molecule has 0 aliphatic carbocycles. The molecule has 16 heavy (non-hydrogen) atoms. The Bertz CT molecular complexity index is 205. The molecule has 0 aromatic rings. The lowest BCUT2D eigenvalue weighted by atomic mass is 9.99. The van der Waals surface area contributed by atoms with E-state index in [-0.39, 0.29) is 13.2 Å². The van der Waals surface area contributed by atoms with E-state index in [1.165, 1.54) is 13.2 Å². The maximum absolute atomic E-state index is 9.79. The summed E-state index contributed by atoms with van der Waals surface area (Å²) in [5.74, 6) is 0. The highest BCUT2D eigenvalue weighted by Gasteiger charge is 2.45. The van der Waals surface area contributed by atoms with E-state index < -0.39 is 30.7 Å². The van der Waals surface area contributed by atoms with Crippen LogP contribution in [-0.4, -0.2) is 66.3 Å². The number of rotatable bonds is 5. The predicted molar refractivity (Wildman–Crippen MR) is 54.7 cm³/mol. The Balaban J connectivity index is 2.70. The van der Waals surface area contributed by atoms with Gasteiger partial charge in [0.25, 0.3) is 0 Å². The fraction of sp³-hybridized carbons (Fsp3) is 0.800. The van der Waals surface area contributed by atoms with Crippen LogP contribution in [0.1, 0.15) is 0 Å². The van der Waals surface area contributed by atoms with Crippen molar-refractivity contribution in [2.75, 3.05) is 20.3 Å². The van der Waals surface area contributed by atoms with E-state index in [0.29, 0.717) is 0 Å². The number of hydrogen-bond donors (Lipinski definition) is 3. The Labute approximate surface area is 94.1 Å². The van der Waals surface area contributed by atoms with E-state index in [1.807, 2.05) is 0 Å². The molecule has 0 radical (unpaired) electrons. The Hall–Kier alpha value is -0.500. The largest absolute Gasteiger partial charge is 0.394 e. The smallest absolute Gasteiger partial charge is 0.186 e. The number of methoxy groups -OCH3 is 1. The van der Waals surface area contributed by atoms with Crippen LogP contribution in [0.5, 0.6) is 0 Å². The van der Waals surface area contributed by atoms with Gasteiger partial charge in [0.15, 0.2) is 6.29 Å². The zero-order chi connectivity index (χ0) is 12.1. The maximum atomic E-state index is 9.79. The van der Waals surface area contributed by atoms with Crippen molar-refractivity contribution in [3.05, 3.63) is 12.7 Å². The molecular weight excluding hydrogens is 216 g/mol. The van der Waals surface area contributed by atoms with Gasteiger partial charge in [-0.15, -0.1) is 6.58 Å². The molecule has 0 aromatic carbocycles. The van der Waals surface area contributed by atoms with Gasteiger partial charge in [-0.2, -0.15) is 0 Å². The minimum absolute atomic E-state index is 0.188. The van der Waals surface area contributed by atoms with E-state index in [2.05, 4.69) is 6.58 Å². The van der Waals surface area contributed by atoms with E-state index in [4.69, 9.17) is 19.3 Å². The summed E-state index contributed by atoms with van der Waals surface area (Å²) in [6, 6.07) is 0. The molecule has 1 aliphatic rings. The lowest BCUT2D eigenvalue weighted by Gasteiger charge is -2.41. The lowest BCUT2D eigenvalue weighted by molar-refractivity contribution is -0.300. The minimum Gasteiger partial charge on any atom is -0.394 e. The number of aliphatic hydroxyl groups is 3. The molecule has 0 bridgehead atoms. The molecule has 1 fully saturated rings. The first-order valence-corrected chi connectivity index (χ1v) is 5.03. The third kappa shape index (κ3) is 2.79. The van der Waals surface area contributed by atoms with Crippen molar-refractivity contribution in [2.24, 2.45) is 0 Å². The molecule has 0 unspecified atom stereocenters. The van der Waals surface area contributed by atoms with Gasteiger partial charge in [-0.3, -0.25) is 0 Å². The average Bonchev–Trinajstić information content (AvgIpc) is 2.29. The summed E-state index contributed by atoms with van der Waals surface area (Å²) < 4.78 is 15.3. The summed E-state index contributed by atoms with van der Waals surface area (Å²) in [4.78, 5) is 0. The molecule has 6 heteroatoms.